The van der Waals surface area contributed by atoms with Crippen molar-refractivity contribution in [1.82, 2.24) is 19.6 Å². The Morgan fingerprint density at radius 1 is 1.07 bits per heavy atom. The zero-order chi connectivity index (χ0) is 19.6. The fourth-order valence-electron chi connectivity index (χ4n) is 2.46. The largest absolute Gasteiger partial charge is 0.321 e. The average molecular weight is 387 g/mol. The van der Waals surface area contributed by atoms with Crippen LogP contribution in [0.1, 0.15) is 33.6 Å². The van der Waals surface area contributed by atoms with E-state index in [4.69, 9.17) is 11.6 Å². The van der Waals surface area contributed by atoms with Crippen LogP contribution in [0.15, 0.2) is 36.5 Å². The van der Waals surface area contributed by atoms with E-state index in [9.17, 15) is 9.59 Å². The molecule has 2 heterocycles. The molecule has 0 radical (unpaired) electrons. The lowest BCUT2D eigenvalue weighted by Crippen LogP contribution is -2.18. The summed E-state index contributed by atoms with van der Waals surface area (Å²) in [4.78, 5) is 25.2. The van der Waals surface area contributed by atoms with E-state index in [-0.39, 0.29) is 22.1 Å². The number of nitrogens with one attached hydrogen (secondary N) is 2. The molecule has 0 spiro atoms. The van der Waals surface area contributed by atoms with Crippen LogP contribution >= 0.6 is 11.6 Å². The Morgan fingerprint density at radius 3 is 2.33 bits per heavy atom. The monoisotopic (exact) mass is 386 g/mol. The minimum Gasteiger partial charge on any atom is -0.321 e. The molecule has 27 heavy (non-hydrogen) atoms. The summed E-state index contributed by atoms with van der Waals surface area (Å²) in [6.07, 6.45) is 1.60. The van der Waals surface area contributed by atoms with Gasteiger partial charge in [0.1, 0.15) is 0 Å². The number of para-hydroxylation sites is 1. The van der Waals surface area contributed by atoms with Crippen LogP contribution in [0.25, 0.3) is 0 Å². The fraction of sp³-hybridized carbons (Fsp3) is 0.222. The summed E-state index contributed by atoms with van der Waals surface area (Å²) >= 11 is 6.17. The number of amides is 2. The highest BCUT2D eigenvalue weighted by Crippen LogP contribution is 2.22. The molecule has 3 rings (SSSR count). The number of nitrogens with zero attached hydrogens (tertiary/aromatic N) is 4. The number of benzene rings is 1. The number of halogens is 1. The number of hydrogen-bond donors (Lipinski definition) is 2. The standard InChI is InChI=1S/C18H19ClN6O2/c1-4-25-10-13(21-18(27)16-14(19)11(2)24(3)22-16)15(23-25)17(26)20-12-8-6-5-7-9-12/h5-10H,4H2,1-3H3,(H,20,26)(H,21,27). The highest BCUT2D eigenvalue weighted by Gasteiger charge is 2.23. The molecule has 8 nitrogen and oxygen atoms in total. The Bertz CT molecular complexity index is 993. The van der Waals surface area contributed by atoms with E-state index in [1.807, 2.05) is 25.1 Å². The van der Waals surface area contributed by atoms with Gasteiger partial charge in [0.25, 0.3) is 11.8 Å². The summed E-state index contributed by atoms with van der Waals surface area (Å²) in [6.45, 7) is 4.20. The Labute approximate surface area is 161 Å². The van der Waals surface area contributed by atoms with E-state index < -0.39 is 11.8 Å². The molecule has 1 aromatic carbocycles. The molecule has 2 amide bonds. The molecule has 9 heteroatoms. The van der Waals surface area contributed by atoms with E-state index in [0.717, 1.165) is 0 Å². The third-order valence-corrected chi connectivity index (χ3v) is 4.51. The van der Waals surface area contributed by atoms with E-state index in [2.05, 4.69) is 20.8 Å². The van der Waals surface area contributed by atoms with Gasteiger partial charge in [-0.05, 0) is 26.0 Å². The van der Waals surface area contributed by atoms with Crippen molar-refractivity contribution in [2.24, 2.45) is 7.05 Å². The summed E-state index contributed by atoms with van der Waals surface area (Å²) in [7, 11) is 1.70. The Kier molecular flexibility index (Phi) is 5.27. The number of aryl methyl sites for hydroxylation is 2. The smallest absolute Gasteiger partial charge is 0.278 e. The van der Waals surface area contributed by atoms with Crippen molar-refractivity contribution in [2.75, 3.05) is 10.6 Å². The van der Waals surface area contributed by atoms with Crippen LogP contribution in [0.4, 0.5) is 11.4 Å². The van der Waals surface area contributed by atoms with Gasteiger partial charge in [0.05, 0.1) is 16.4 Å². The average Bonchev–Trinajstić information content (AvgIpc) is 3.18. The molecule has 0 atom stereocenters. The zero-order valence-corrected chi connectivity index (χ0v) is 15.9. The van der Waals surface area contributed by atoms with E-state index in [0.29, 0.717) is 17.9 Å². The van der Waals surface area contributed by atoms with Gasteiger partial charge in [-0.3, -0.25) is 19.0 Å². The van der Waals surface area contributed by atoms with Crippen molar-refractivity contribution < 1.29 is 9.59 Å². The lowest BCUT2D eigenvalue weighted by molar-refractivity contribution is 0.102. The van der Waals surface area contributed by atoms with Crippen LogP contribution in [0.5, 0.6) is 0 Å². The Balaban J connectivity index is 1.87. The highest BCUT2D eigenvalue weighted by molar-refractivity contribution is 6.34. The third-order valence-electron chi connectivity index (χ3n) is 4.06. The van der Waals surface area contributed by atoms with Crippen molar-refractivity contribution in [3.8, 4) is 0 Å². The van der Waals surface area contributed by atoms with E-state index >= 15 is 0 Å². The summed E-state index contributed by atoms with van der Waals surface area (Å²) in [5, 5.41) is 14.1. The second-order valence-corrected chi connectivity index (χ2v) is 6.27. The molecular formula is C18H19ClN6O2. The normalized spacial score (nSPS) is 10.7. The number of carbonyl (C=O) groups is 2. The minimum atomic E-state index is -0.506. The number of hydrogen-bond acceptors (Lipinski definition) is 4. The molecule has 0 aliphatic carbocycles. The lowest BCUT2D eigenvalue weighted by atomic mass is 10.3. The van der Waals surface area contributed by atoms with Crippen LogP contribution in [0, 0.1) is 6.92 Å². The zero-order valence-electron chi connectivity index (χ0n) is 15.2. The van der Waals surface area contributed by atoms with Crippen LogP contribution in [-0.2, 0) is 13.6 Å². The molecule has 0 aliphatic heterocycles. The Hall–Kier alpha value is -3.13. The predicted molar refractivity (Wildman–Crippen MR) is 103 cm³/mol. The second kappa shape index (κ2) is 7.63. The molecule has 0 saturated carbocycles. The van der Waals surface area contributed by atoms with Crippen molar-refractivity contribution in [2.45, 2.75) is 20.4 Å². The summed E-state index contributed by atoms with van der Waals surface area (Å²) in [5.74, 6) is -0.930. The van der Waals surface area contributed by atoms with Crippen LogP contribution in [0.2, 0.25) is 5.02 Å². The van der Waals surface area contributed by atoms with Crippen molar-refractivity contribution in [3.63, 3.8) is 0 Å². The first-order valence-electron chi connectivity index (χ1n) is 8.35. The predicted octanol–water partition coefficient (Wildman–Crippen LogP) is 3.10. The molecule has 0 bridgehead atoms. The van der Waals surface area contributed by atoms with Gasteiger partial charge in [0.2, 0.25) is 0 Å². The summed E-state index contributed by atoms with van der Waals surface area (Å²) in [5.41, 5.74) is 1.80. The first-order chi connectivity index (χ1) is 12.9. The van der Waals surface area contributed by atoms with Crippen molar-refractivity contribution >= 4 is 34.8 Å². The molecule has 3 aromatic rings. The summed E-state index contributed by atoms with van der Waals surface area (Å²) < 4.78 is 3.09. The second-order valence-electron chi connectivity index (χ2n) is 5.89. The van der Waals surface area contributed by atoms with Crippen LogP contribution < -0.4 is 10.6 Å². The molecule has 0 fully saturated rings. The maximum Gasteiger partial charge on any atom is 0.278 e. The summed E-state index contributed by atoms with van der Waals surface area (Å²) in [6, 6.07) is 9.02. The van der Waals surface area contributed by atoms with Gasteiger partial charge in [0.15, 0.2) is 11.4 Å². The van der Waals surface area contributed by atoms with Gasteiger partial charge >= 0.3 is 0 Å². The van der Waals surface area contributed by atoms with Crippen LogP contribution in [0.3, 0.4) is 0 Å². The Morgan fingerprint density at radius 2 is 1.74 bits per heavy atom. The number of aromatic nitrogens is 4. The maximum atomic E-state index is 12.6. The maximum absolute atomic E-state index is 12.6. The molecular weight excluding hydrogens is 368 g/mol. The lowest BCUT2D eigenvalue weighted by Gasteiger charge is -2.06. The first kappa shape index (κ1) is 18.7. The van der Waals surface area contributed by atoms with Gasteiger partial charge in [-0.1, -0.05) is 29.8 Å². The van der Waals surface area contributed by atoms with Gasteiger partial charge in [-0.2, -0.15) is 10.2 Å². The molecule has 0 unspecified atom stereocenters. The first-order valence-corrected chi connectivity index (χ1v) is 8.72. The number of rotatable bonds is 5. The topological polar surface area (TPSA) is 93.8 Å². The highest BCUT2D eigenvalue weighted by atomic mass is 35.5. The van der Waals surface area contributed by atoms with Gasteiger partial charge in [-0.25, -0.2) is 0 Å². The van der Waals surface area contributed by atoms with Crippen molar-refractivity contribution in [3.05, 3.63) is 58.6 Å². The molecule has 140 valence electrons. The van der Waals surface area contributed by atoms with E-state index in [1.54, 1.807) is 37.0 Å². The molecule has 0 saturated heterocycles. The number of anilines is 2. The molecule has 2 N–H and O–H groups in total. The van der Waals surface area contributed by atoms with Gasteiger partial charge in [-0.15, -0.1) is 0 Å². The molecule has 2 aromatic heterocycles. The van der Waals surface area contributed by atoms with Crippen LogP contribution in [-0.4, -0.2) is 31.4 Å². The quantitative estimate of drug-likeness (QED) is 0.704. The SMILES string of the molecule is CCn1cc(NC(=O)c2nn(C)c(C)c2Cl)c(C(=O)Nc2ccccc2)n1. The minimum absolute atomic E-state index is 0.0929. The number of carbonyl (C=O) groups excluding carboxylic acids is 2. The van der Waals surface area contributed by atoms with Gasteiger partial charge in [0, 0.05) is 25.5 Å². The van der Waals surface area contributed by atoms with E-state index in [1.165, 1.54) is 4.68 Å². The van der Waals surface area contributed by atoms with Crippen molar-refractivity contribution in [1.29, 1.82) is 0 Å². The van der Waals surface area contributed by atoms with Gasteiger partial charge < -0.3 is 10.6 Å². The molecule has 0 aliphatic rings. The fourth-order valence-corrected chi connectivity index (χ4v) is 2.71. The third kappa shape index (κ3) is 3.85.